The SMILES string of the molecule is CCCC(O)CNC(=O)c1cc(F)cnc1Cl. The van der Waals surface area contributed by atoms with Crippen LogP contribution in [0.2, 0.25) is 5.15 Å². The molecule has 0 aromatic carbocycles. The third-order valence-corrected chi connectivity index (χ3v) is 2.47. The van der Waals surface area contributed by atoms with Gasteiger partial charge in [0.05, 0.1) is 17.9 Å². The van der Waals surface area contributed by atoms with Crippen molar-refractivity contribution in [3.05, 3.63) is 28.8 Å². The Balaban J connectivity index is 2.61. The van der Waals surface area contributed by atoms with E-state index in [-0.39, 0.29) is 17.3 Å². The van der Waals surface area contributed by atoms with E-state index in [0.29, 0.717) is 6.42 Å². The van der Waals surface area contributed by atoms with Gasteiger partial charge >= 0.3 is 0 Å². The summed E-state index contributed by atoms with van der Waals surface area (Å²) < 4.78 is 12.9. The smallest absolute Gasteiger partial charge is 0.254 e. The Morgan fingerprint density at radius 2 is 2.41 bits per heavy atom. The Labute approximate surface area is 104 Å². The summed E-state index contributed by atoms with van der Waals surface area (Å²) in [5.41, 5.74) is -0.0321. The van der Waals surface area contributed by atoms with Gasteiger partial charge in [0.25, 0.3) is 5.91 Å². The number of rotatable bonds is 5. The first-order chi connectivity index (χ1) is 8.04. The van der Waals surface area contributed by atoms with Crippen LogP contribution in [0.15, 0.2) is 12.3 Å². The van der Waals surface area contributed by atoms with Crippen LogP contribution in [0.1, 0.15) is 30.1 Å². The lowest BCUT2D eigenvalue weighted by Crippen LogP contribution is -2.32. The van der Waals surface area contributed by atoms with E-state index in [4.69, 9.17) is 11.6 Å². The monoisotopic (exact) mass is 260 g/mol. The van der Waals surface area contributed by atoms with Gasteiger partial charge in [0.2, 0.25) is 0 Å². The number of hydrogen-bond acceptors (Lipinski definition) is 3. The number of nitrogens with one attached hydrogen (secondary N) is 1. The summed E-state index contributed by atoms with van der Waals surface area (Å²) in [5.74, 6) is -1.18. The number of aromatic nitrogens is 1. The van der Waals surface area contributed by atoms with Crippen LogP contribution in [0, 0.1) is 5.82 Å². The van der Waals surface area contributed by atoms with E-state index in [9.17, 15) is 14.3 Å². The summed E-state index contributed by atoms with van der Waals surface area (Å²) in [6, 6.07) is 1.01. The Bertz CT molecular complexity index is 401. The molecule has 0 saturated carbocycles. The van der Waals surface area contributed by atoms with E-state index >= 15 is 0 Å². The van der Waals surface area contributed by atoms with Crippen LogP contribution in [0.25, 0.3) is 0 Å². The van der Waals surface area contributed by atoms with E-state index in [0.717, 1.165) is 18.7 Å². The van der Waals surface area contributed by atoms with E-state index in [2.05, 4.69) is 10.3 Å². The van der Waals surface area contributed by atoms with E-state index in [1.165, 1.54) is 0 Å². The van der Waals surface area contributed by atoms with Crippen molar-refractivity contribution in [1.82, 2.24) is 10.3 Å². The molecule has 1 amide bonds. The third kappa shape index (κ3) is 4.28. The summed E-state index contributed by atoms with van der Waals surface area (Å²) in [6.07, 6.45) is 1.74. The number of amides is 1. The molecule has 1 heterocycles. The predicted octanol–water partition coefficient (Wildman–Crippen LogP) is 1.76. The molecule has 17 heavy (non-hydrogen) atoms. The quantitative estimate of drug-likeness (QED) is 0.793. The van der Waals surface area contributed by atoms with Crippen molar-refractivity contribution < 1.29 is 14.3 Å². The molecule has 0 aliphatic carbocycles. The molecule has 1 aromatic rings. The number of carbonyl (C=O) groups is 1. The molecule has 4 nitrogen and oxygen atoms in total. The lowest BCUT2D eigenvalue weighted by molar-refractivity contribution is 0.0909. The molecule has 0 aliphatic heterocycles. The first kappa shape index (κ1) is 13.9. The maximum absolute atomic E-state index is 12.9. The number of carbonyl (C=O) groups excluding carboxylic acids is 1. The molecule has 94 valence electrons. The second kappa shape index (κ2) is 6.51. The van der Waals surface area contributed by atoms with Crippen LogP contribution >= 0.6 is 11.6 Å². The van der Waals surface area contributed by atoms with Gasteiger partial charge in [0.1, 0.15) is 11.0 Å². The topological polar surface area (TPSA) is 62.2 Å². The third-order valence-electron chi connectivity index (χ3n) is 2.17. The van der Waals surface area contributed by atoms with Crippen LogP contribution in [0.5, 0.6) is 0 Å². The van der Waals surface area contributed by atoms with E-state index < -0.39 is 17.8 Å². The van der Waals surface area contributed by atoms with Gasteiger partial charge in [-0.15, -0.1) is 0 Å². The summed E-state index contributed by atoms with van der Waals surface area (Å²) >= 11 is 5.67. The number of halogens is 2. The molecule has 1 atom stereocenters. The number of aliphatic hydroxyl groups excluding tert-OH is 1. The lowest BCUT2D eigenvalue weighted by atomic mass is 10.2. The van der Waals surface area contributed by atoms with Crippen molar-refractivity contribution in [2.75, 3.05) is 6.54 Å². The summed E-state index contributed by atoms with van der Waals surface area (Å²) in [7, 11) is 0. The molecule has 1 rings (SSSR count). The largest absolute Gasteiger partial charge is 0.391 e. The first-order valence-electron chi connectivity index (χ1n) is 5.32. The number of aliphatic hydroxyl groups is 1. The van der Waals surface area contributed by atoms with Gasteiger partial charge in [0, 0.05) is 6.54 Å². The van der Waals surface area contributed by atoms with Crippen LogP contribution < -0.4 is 5.32 Å². The molecule has 1 aromatic heterocycles. The molecular weight excluding hydrogens is 247 g/mol. The fraction of sp³-hybridized carbons (Fsp3) is 0.455. The molecule has 6 heteroatoms. The fourth-order valence-corrected chi connectivity index (χ4v) is 1.51. The summed E-state index contributed by atoms with van der Waals surface area (Å²) in [5, 5.41) is 11.8. The standard InChI is InChI=1S/C11H14ClFN2O2/c1-2-3-8(16)6-15-11(17)9-4-7(13)5-14-10(9)12/h4-5,8,16H,2-3,6H2,1H3,(H,15,17). The van der Waals surface area contributed by atoms with Crippen molar-refractivity contribution >= 4 is 17.5 Å². The fourth-order valence-electron chi connectivity index (χ4n) is 1.32. The number of pyridine rings is 1. The van der Waals surface area contributed by atoms with Crippen LogP contribution in [-0.2, 0) is 0 Å². The minimum Gasteiger partial charge on any atom is -0.391 e. The maximum Gasteiger partial charge on any atom is 0.254 e. The summed E-state index contributed by atoms with van der Waals surface area (Å²) in [6.45, 7) is 2.04. The average Bonchev–Trinajstić information content (AvgIpc) is 2.29. The van der Waals surface area contributed by atoms with Crippen molar-refractivity contribution in [2.45, 2.75) is 25.9 Å². The van der Waals surface area contributed by atoms with Crippen molar-refractivity contribution in [2.24, 2.45) is 0 Å². The molecular formula is C11H14ClFN2O2. The van der Waals surface area contributed by atoms with E-state index in [1.807, 2.05) is 6.92 Å². The minimum atomic E-state index is -0.631. The van der Waals surface area contributed by atoms with Gasteiger partial charge in [-0.2, -0.15) is 0 Å². The highest BCUT2D eigenvalue weighted by Gasteiger charge is 2.13. The van der Waals surface area contributed by atoms with Crippen molar-refractivity contribution in [1.29, 1.82) is 0 Å². The van der Waals surface area contributed by atoms with Gasteiger partial charge in [-0.3, -0.25) is 4.79 Å². The predicted molar refractivity (Wildman–Crippen MR) is 62.5 cm³/mol. The highest BCUT2D eigenvalue weighted by Crippen LogP contribution is 2.13. The Hall–Kier alpha value is -1.20. The van der Waals surface area contributed by atoms with Gasteiger partial charge in [-0.1, -0.05) is 24.9 Å². The van der Waals surface area contributed by atoms with Crippen LogP contribution in [-0.4, -0.2) is 28.6 Å². The molecule has 0 spiro atoms. The highest BCUT2D eigenvalue weighted by molar-refractivity contribution is 6.32. The second-order valence-electron chi connectivity index (χ2n) is 3.64. The molecule has 2 N–H and O–H groups in total. The zero-order chi connectivity index (χ0) is 12.8. The zero-order valence-electron chi connectivity index (χ0n) is 9.41. The molecule has 1 unspecified atom stereocenters. The van der Waals surface area contributed by atoms with Crippen molar-refractivity contribution in [3.63, 3.8) is 0 Å². The number of nitrogens with zero attached hydrogens (tertiary/aromatic N) is 1. The highest BCUT2D eigenvalue weighted by atomic mass is 35.5. The van der Waals surface area contributed by atoms with Gasteiger partial charge in [-0.25, -0.2) is 9.37 Å². The van der Waals surface area contributed by atoms with Gasteiger partial charge in [-0.05, 0) is 12.5 Å². The van der Waals surface area contributed by atoms with Gasteiger partial charge < -0.3 is 10.4 Å². The zero-order valence-corrected chi connectivity index (χ0v) is 10.2. The minimum absolute atomic E-state index is 0.0321. The Kier molecular flexibility index (Phi) is 5.31. The Morgan fingerprint density at radius 1 is 1.71 bits per heavy atom. The molecule has 0 bridgehead atoms. The molecule has 0 radical (unpaired) electrons. The number of hydrogen-bond donors (Lipinski definition) is 2. The maximum atomic E-state index is 12.9. The van der Waals surface area contributed by atoms with Crippen LogP contribution in [0.4, 0.5) is 4.39 Å². The normalized spacial score (nSPS) is 12.2. The first-order valence-corrected chi connectivity index (χ1v) is 5.69. The summed E-state index contributed by atoms with van der Waals surface area (Å²) in [4.78, 5) is 15.1. The van der Waals surface area contributed by atoms with Crippen LogP contribution in [0.3, 0.4) is 0 Å². The lowest BCUT2D eigenvalue weighted by Gasteiger charge is -2.11. The average molecular weight is 261 g/mol. The second-order valence-corrected chi connectivity index (χ2v) is 4.00. The Morgan fingerprint density at radius 3 is 3.06 bits per heavy atom. The molecule has 0 saturated heterocycles. The van der Waals surface area contributed by atoms with Gasteiger partial charge in [0.15, 0.2) is 0 Å². The molecule has 0 aliphatic rings. The van der Waals surface area contributed by atoms with E-state index in [1.54, 1.807) is 0 Å². The molecule has 0 fully saturated rings. The van der Waals surface area contributed by atoms with Crippen molar-refractivity contribution in [3.8, 4) is 0 Å².